The molecular weight excluding hydrogens is 389 g/mol. The minimum atomic E-state index is -5.15. The molecule has 2 heterocycles. The van der Waals surface area contributed by atoms with Crippen LogP contribution in [0.4, 0.5) is 19.0 Å². The molecule has 2 aromatic heterocycles. The van der Waals surface area contributed by atoms with Gasteiger partial charge in [-0.05, 0) is 38.0 Å². The summed E-state index contributed by atoms with van der Waals surface area (Å²) in [4.78, 5) is 28.1. The average molecular weight is 406 g/mol. The van der Waals surface area contributed by atoms with E-state index in [-0.39, 0.29) is 18.0 Å². The maximum absolute atomic E-state index is 12.8. The summed E-state index contributed by atoms with van der Waals surface area (Å²) in [7, 11) is 0. The maximum Gasteiger partial charge on any atom is 0.471 e. The third-order valence-electron chi connectivity index (χ3n) is 4.21. The number of hydrogen-bond donors (Lipinski definition) is 1. The van der Waals surface area contributed by atoms with Crippen LogP contribution in [0, 0.1) is 13.8 Å². The van der Waals surface area contributed by atoms with Gasteiger partial charge in [-0.1, -0.05) is 18.2 Å². The van der Waals surface area contributed by atoms with Crippen LogP contribution in [0.1, 0.15) is 28.4 Å². The highest BCUT2D eigenvalue weighted by atomic mass is 19.4. The third-order valence-corrected chi connectivity index (χ3v) is 4.21. The zero-order chi connectivity index (χ0) is 21.3. The van der Waals surface area contributed by atoms with Crippen LogP contribution in [-0.2, 0) is 9.53 Å². The normalized spacial score (nSPS) is 11.5. The number of aryl methyl sites for hydroxylation is 2. The van der Waals surface area contributed by atoms with E-state index in [1.807, 2.05) is 32.0 Å². The number of amides is 1. The lowest BCUT2D eigenvalue weighted by atomic mass is 10.1. The van der Waals surface area contributed by atoms with Gasteiger partial charge in [-0.15, -0.1) is 0 Å². The number of aromatic nitrogens is 3. The van der Waals surface area contributed by atoms with E-state index in [1.54, 1.807) is 18.3 Å². The molecule has 1 N–H and O–H groups in total. The molecule has 0 fully saturated rings. The predicted octanol–water partition coefficient (Wildman–Crippen LogP) is 3.71. The van der Waals surface area contributed by atoms with Gasteiger partial charge in [0.05, 0.1) is 18.3 Å². The maximum atomic E-state index is 12.8. The van der Waals surface area contributed by atoms with Gasteiger partial charge in [0.25, 0.3) is 0 Å². The standard InChI is InChI=1S/C19H17F3N4O3/c1-4-29-17(27)13-9-23-26(16(13)25-18(28)19(20,21)22)14-8-11(3)12-7-5-6-10(2)15(12)24-14/h5-9H,4H2,1-3H3,(H,25,28). The number of nitrogens with zero attached hydrogens (tertiary/aromatic N) is 3. The van der Waals surface area contributed by atoms with Crippen LogP contribution in [0.3, 0.4) is 0 Å². The highest BCUT2D eigenvalue weighted by Crippen LogP contribution is 2.27. The van der Waals surface area contributed by atoms with Crippen molar-refractivity contribution >= 4 is 28.6 Å². The van der Waals surface area contributed by atoms with E-state index in [0.29, 0.717) is 5.52 Å². The Morgan fingerprint density at radius 1 is 1.21 bits per heavy atom. The molecule has 0 radical (unpaired) electrons. The topological polar surface area (TPSA) is 86.1 Å². The van der Waals surface area contributed by atoms with Crippen molar-refractivity contribution < 1.29 is 27.5 Å². The van der Waals surface area contributed by atoms with E-state index in [4.69, 9.17) is 4.74 Å². The predicted molar refractivity (Wildman–Crippen MR) is 99.0 cm³/mol. The van der Waals surface area contributed by atoms with Crippen LogP contribution < -0.4 is 5.32 Å². The lowest BCUT2D eigenvalue weighted by Gasteiger charge is -2.13. The number of anilines is 1. The molecule has 29 heavy (non-hydrogen) atoms. The molecule has 10 heteroatoms. The number of ether oxygens (including phenoxy) is 1. The molecular formula is C19H17F3N4O3. The highest BCUT2D eigenvalue weighted by molar-refractivity contribution is 6.02. The van der Waals surface area contributed by atoms with Crippen molar-refractivity contribution in [1.29, 1.82) is 0 Å². The van der Waals surface area contributed by atoms with Crippen molar-refractivity contribution in [2.24, 2.45) is 0 Å². The highest BCUT2D eigenvalue weighted by Gasteiger charge is 2.40. The number of halogens is 3. The summed E-state index contributed by atoms with van der Waals surface area (Å²) in [5.41, 5.74) is 1.97. The number of benzene rings is 1. The van der Waals surface area contributed by atoms with Crippen LogP contribution in [0.5, 0.6) is 0 Å². The molecule has 3 rings (SSSR count). The van der Waals surface area contributed by atoms with Gasteiger partial charge in [0.1, 0.15) is 5.56 Å². The van der Waals surface area contributed by atoms with Gasteiger partial charge >= 0.3 is 18.1 Å². The zero-order valence-electron chi connectivity index (χ0n) is 15.8. The van der Waals surface area contributed by atoms with Gasteiger partial charge in [-0.25, -0.2) is 9.78 Å². The van der Waals surface area contributed by atoms with Crippen LogP contribution >= 0.6 is 0 Å². The molecule has 0 bridgehead atoms. The fourth-order valence-electron chi connectivity index (χ4n) is 2.83. The van der Waals surface area contributed by atoms with Crippen molar-refractivity contribution in [2.75, 3.05) is 11.9 Å². The molecule has 0 spiro atoms. The molecule has 7 nitrogen and oxygen atoms in total. The molecule has 0 aliphatic rings. The van der Waals surface area contributed by atoms with Gasteiger partial charge < -0.3 is 10.1 Å². The molecule has 0 atom stereocenters. The smallest absolute Gasteiger partial charge is 0.462 e. The van der Waals surface area contributed by atoms with Crippen LogP contribution in [0.25, 0.3) is 16.7 Å². The Bertz CT molecular complexity index is 1110. The van der Waals surface area contributed by atoms with Crippen molar-refractivity contribution in [3.8, 4) is 5.82 Å². The molecule has 0 aliphatic heterocycles. The second-order valence-electron chi connectivity index (χ2n) is 6.26. The van der Waals surface area contributed by atoms with Crippen LogP contribution in [0.2, 0.25) is 0 Å². The van der Waals surface area contributed by atoms with E-state index < -0.39 is 23.9 Å². The fraction of sp³-hybridized carbons (Fsp3) is 0.263. The lowest BCUT2D eigenvalue weighted by Crippen LogP contribution is -2.31. The SMILES string of the molecule is CCOC(=O)c1cnn(-c2cc(C)c3cccc(C)c3n2)c1NC(=O)C(F)(F)F. The number of nitrogens with one attached hydrogen (secondary N) is 1. The quantitative estimate of drug-likeness (QED) is 0.668. The van der Waals surface area contributed by atoms with E-state index in [9.17, 15) is 22.8 Å². The number of esters is 1. The minimum absolute atomic E-state index is 0.00317. The Hall–Kier alpha value is -3.43. The van der Waals surface area contributed by atoms with Gasteiger partial charge in [0, 0.05) is 5.39 Å². The number of alkyl halides is 3. The monoisotopic (exact) mass is 406 g/mol. The van der Waals surface area contributed by atoms with Crippen molar-refractivity contribution in [3.63, 3.8) is 0 Å². The molecule has 152 valence electrons. The van der Waals surface area contributed by atoms with Crippen molar-refractivity contribution in [3.05, 3.63) is 47.2 Å². The van der Waals surface area contributed by atoms with E-state index in [2.05, 4.69) is 10.1 Å². The number of para-hydroxylation sites is 1. The average Bonchev–Trinajstić information content (AvgIpc) is 3.05. The number of pyridine rings is 1. The summed E-state index contributed by atoms with van der Waals surface area (Å²) >= 11 is 0. The summed E-state index contributed by atoms with van der Waals surface area (Å²) in [6, 6.07) is 7.19. The van der Waals surface area contributed by atoms with Gasteiger partial charge in [0.2, 0.25) is 0 Å². The van der Waals surface area contributed by atoms with Crippen LogP contribution in [-0.4, -0.2) is 39.4 Å². The van der Waals surface area contributed by atoms with Crippen molar-refractivity contribution in [2.45, 2.75) is 26.9 Å². The van der Waals surface area contributed by atoms with Gasteiger partial charge in [-0.3, -0.25) is 4.79 Å². The molecule has 1 aromatic carbocycles. The first kappa shape index (κ1) is 20.3. The summed E-state index contributed by atoms with van der Waals surface area (Å²) < 4.78 is 44.3. The molecule has 1 amide bonds. The number of rotatable bonds is 4. The molecule has 0 saturated heterocycles. The Labute approximate surface area is 163 Å². The molecule has 3 aromatic rings. The first-order valence-corrected chi connectivity index (χ1v) is 8.64. The van der Waals surface area contributed by atoms with E-state index >= 15 is 0 Å². The molecule has 0 unspecified atom stereocenters. The van der Waals surface area contributed by atoms with E-state index in [1.165, 1.54) is 0 Å². The fourth-order valence-corrected chi connectivity index (χ4v) is 2.83. The largest absolute Gasteiger partial charge is 0.471 e. The minimum Gasteiger partial charge on any atom is -0.462 e. The first-order valence-electron chi connectivity index (χ1n) is 8.64. The molecule has 0 aliphatic carbocycles. The Morgan fingerprint density at radius 3 is 2.59 bits per heavy atom. The summed E-state index contributed by atoms with van der Waals surface area (Å²) in [6.07, 6.45) is -4.12. The second-order valence-corrected chi connectivity index (χ2v) is 6.26. The summed E-state index contributed by atoms with van der Waals surface area (Å²) in [6.45, 7) is 5.21. The van der Waals surface area contributed by atoms with E-state index in [0.717, 1.165) is 27.4 Å². The second kappa shape index (κ2) is 7.53. The number of carbonyl (C=O) groups excluding carboxylic acids is 2. The lowest BCUT2D eigenvalue weighted by molar-refractivity contribution is -0.167. The van der Waals surface area contributed by atoms with Gasteiger partial charge in [0.15, 0.2) is 11.6 Å². The Morgan fingerprint density at radius 2 is 1.93 bits per heavy atom. The summed E-state index contributed by atoms with van der Waals surface area (Å²) in [5, 5.41) is 6.56. The number of hydrogen-bond acceptors (Lipinski definition) is 5. The zero-order valence-corrected chi connectivity index (χ0v) is 15.8. The first-order chi connectivity index (χ1) is 13.6. The third kappa shape index (κ3) is 3.91. The number of carbonyl (C=O) groups is 2. The number of fused-ring (bicyclic) bond motifs is 1. The summed E-state index contributed by atoms with van der Waals surface area (Å²) in [5.74, 6) is -3.47. The van der Waals surface area contributed by atoms with Crippen LogP contribution in [0.15, 0.2) is 30.5 Å². The Balaban J connectivity index is 2.19. The molecule has 0 saturated carbocycles. The van der Waals surface area contributed by atoms with Crippen molar-refractivity contribution in [1.82, 2.24) is 14.8 Å². The van der Waals surface area contributed by atoms with Gasteiger partial charge in [-0.2, -0.15) is 23.0 Å². The Kier molecular flexibility index (Phi) is 5.27.